The second-order valence-corrected chi connectivity index (χ2v) is 5.90. The lowest BCUT2D eigenvalue weighted by Crippen LogP contribution is -2.33. The summed E-state index contributed by atoms with van der Waals surface area (Å²) in [4.78, 5) is 12.2. The van der Waals surface area contributed by atoms with Gasteiger partial charge in [-0.25, -0.2) is 5.01 Å². The van der Waals surface area contributed by atoms with E-state index in [1.54, 1.807) is 26.2 Å². The Morgan fingerprint density at radius 2 is 1.76 bits per heavy atom. The molecule has 2 aromatic rings. The minimum atomic E-state index is 0.0437. The molecule has 0 atom stereocenters. The van der Waals surface area contributed by atoms with Crippen LogP contribution in [0.5, 0.6) is 5.75 Å². The van der Waals surface area contributed by atoms with Crippen LogP contribution < -0.4 is 9.75 Å². The number of ketones is 1. The standard InChI is InChI=1S/C20H19N3O2/c1-14(24)19-13-22(2)23(17-8-10-18(25-3)11-9-17)20(19)16-6-4-15(12-21)5-7-16/h4-11H,13H2,1-3H3. The molecule has 0 radical (unpaired) electrons. The molecule has 2 aromatic carbocycles. The molecular weight excluding hydrogens is 314 g/mol. The molecule has 0 saturated carbocycles. The number of methoxy groups -OCH3 is 1. The SMILES string of the molecule is COc1ccc(N2C(c3ccc(C#N)cc3)=C(C(C)=O)CN2C)cc1. The smallest absolute Gasteiger partial charge is 0.159 e. The number of nitrogens with zero attached hydrogens (tertiary/aromatic N) is 3. The van der Waals surface area contributed by atoms with Gasteiger partial charge >= 0.3 is 0 Å². The third-order valence-corrected chi connectivity index (χ3v) is 4.26. The van der Waals surface area contributed by atoms with Gasteiger partial charge in [-0.2, -0.15) is 5.26 Å². The first-order valence-corrected chi connectivity index (χ1v) is 7.95. The Kier molecular flexibility index (Phi) is 4.55. The number of hydrogen-bond acceptors (Lipinski definition) is 5. The van der Waals surface area contributed by atoms with Crippen LogP contribution in [0.4, 0.5) is 5.69 Å². The van der Waals surface area contributed by atoms with E-state index in [1.807, 2.05) is 53.5 Å². The van der Waals surface area contributed by atoms with Gasteiger partial charge in [0.2, 0.25) is 0 Å². The van der Waals surface area contributed by atoms with E-state index in [0.29, 0.717) is 12.1 Å². The van der Waals surface area contributed by atoms with Crippen molar-refractivity contribution in [1.82, 2.24) is 5.01 Å². The summed E-state index contributed by atoms with van der Waals surface area (Å²) in [6, 6.07) is 17.1. The fourth-order valence-corrected chi connectivity index (χ4v) is 3.00. The lowest BCUT2D eigenvalue weighted by Gasteiger charge is -2.29. The maximum atomic E-state index is 12.2. The molecule has 0 aliphatic carbocycles. The molecule has 0 saturated heterocycles. The molecule has 0 N–H and O–H groups in total. The highest BCUT2D eigenvalue weighted by Gasteiger charge is 2.31. The van der Waals surface area contributed by atoms with E-state index in [1.165, 1.54) is 0 Å². The van der Waals surface area contributed by atoms with E-state index in [-0.39, 0.29) is 5.78 Å². The first kappa shape index (κ1) is 16.7. The van der Waals surface area contributed by atoms with Crippen molar-refractivity contribution in [1.29, 1.82) is 5.26 Å². The van der Waals surface area contributed by atoms with Gasteiger partial charge in [0.15, 0.2) is 5.78 Å². The van der Waals surface area contributed by atoms with E-state index in [9.17, 15) is 4.79 Å². The number of carbonyl (C=O) groups is 1. The van der Waals surface area contributed by atoms with Crippen LogP contribution in [0.25, 0.3) is 5.70 Å². The van der Waals surface area contributed by atoms with Crippen LogP contribution in [0.15, 0.2) is 54.1 Å². The van der Waals surface area contributed by atoms with Crippen molar-refractivity contribution >= 4 is 17.2 Å². The average Bonchev–Trinajstić information content (AvgIpc) is 2.99. The largest absolute Gasteiger partial charge is 0.497 e. The summed E-state index contributed by atoms with van der Waals surface area (Å²) in [7, 11) is 3.58. The predicted molar refractivity (Wildman–Crippen MR) is 96.9 cm³/mol. The number of anilines is 1. The zero-order chi connectivity index (χ0) is 18.0. The molecule has 1 aliphatic rings. The average molecular weight is 333 g/mol. The van der Waals surface area contributed by atoms with Crippen LogP contribution in [0.3, 0.4) is 0 Å². The van der Waals surface area contributed by atoms with Crippen molar-refractivity contribution in [3.8, 4) is 11.8 Å². The molecule has 0 aromatic heterocycles. The van der Waals surface area contributed by atoms with Crippen LogP contribution in [0.2, 0.25) is 0 Å². The Morgan fingerprint density at radius 1 is 1.12 bits per heavy atom. The van der Waals surface area contributed by atoms with Crippen LogP contribution in [-0.2, 0) is 4.79 Å². The van der Waals surface area contributed by atoms with Crippen molar-refractivity contribution in [3.05, 3.63) is 65.2 Å². The highest BCUT2D eigenvalue weighted by molar-refractivity contribution is 6.05. The Morgan fingerprint density at radius 3 is 2.28 bits per heavy atom. The molecule has 0 amide bonds. The highest BCUT2D eigenvalue weighted by Crippen LogP contribution is 2.36. The number of Topliss-reactive ketones (excluding diaryl/α,β-unsaturated/α-hetero) is 1. The molecule has 3 rings (SSSR count). The number of hydrogen-bond donors (Lipinski definition) is 0. The summed E-state index contributed by atoms with van der Waals surface area (Å²) >= 11 is 0. The number of likely N-dealkylation sites (N-methyl/N-ethyl adjacent to an activating group) is 1. The number of rotatable bonds is 4. The number of ether oxygens (including phenoxy) is 1. The third-order valence-electron chi connectivity index (χ3n) is 4.26. The van der Waals surface area contributed by atoms with Crippen molar-refractivity contribution in [2.45, 2.75) is 6.92 Å². The molecule has 0 fully saturated rings. The molecule has 0 bridgehead atoms. The Bertz CT molecular complexity index is 861. The van der Waals surface area contributed by atoms with Crippen molar-refractivity contribution in [2.75, 3.05) is 25.7 Å². The van der Waals surface area contributed by atoms with Crippen LogP contribution in [0.1, 0.15) is 18.1 Å². The molecule has 5 nitrogen and oxygen atoms in total. The van der Waals surface area contributed by atoms with Gasteiger partial charge in [0, 0.05) is 24.7 Å². The molecule has 25 heavy (non-hydrogen) atoms. The summed E-state index contributed by atoms with van der Waals surface area (Å²) in [5, 5.41) is 13.0. The predicted octanol–water partition coefficient (Wildman–Crippen LogP) is 3.23. The van der Waals surface area contributed by atoms with Gasteiger partial charge in [0.1, 0.15) is 5.75 Å². The van der Waals surface area contributed by atoms with E-state index < -0.39 is 0 Å². The number of nitriles is 1. The molecule has 1 heterocycles. The summed E-state index contributed by atoms with van der Waals surface area (Å²) in [6.07, 6.45) is 0. The van der Waals surface area contributed by atoms with Gasteiger partial charge in [-0.3, -0.25) is 9.80 Å². The topological polar surface area (TPSA) is 56.6 Å². The molecular formula is C20H19N3O2. The Labute approximate surface area is 147 Å². The molecule has 0 spiro atoms. The van der Waals surface area contributed by atoms with Gasteiger partial charge in [-0.15, -0.1) is 0 Å². The summed E-state index contributed by atoms with van der Waals surface area (Å²) in [6.45, 7) is 2.13. The zero-order valence-corrected chi connectivity index (χ0v) is 14.5. The van der Waals surface area contributed by atoms with Crippen LogP contribution >= 0.6 is 0 Å². The minimum Gasteiger partial charge on any atom is -0.497 e. The quantitative estimate of drug-likeness (QED) is 0.860. The van der Waals surface area contributed by atoms with Crippen LogP contribution in [-0.4, -0.2) is 31.5 Å². The van der Waals surface area contributed by atoms with Crippen molar-refractivity contribution < 1.29 is 9.53 Å². The van der Waals surface area contributed by atoms with E-state index in [4.69, 9.17) is 10.00 Å². The van der Waals surface area contributed by atoms with Crippen LogP contribution in [0, 0.1) is 11.3 Å². The van der Waals surface area contributed by atoms with Gasteiger partial charge in [-0.1, -0.05) is 12.1 Å². The van der Waals surface area contributed by atoms with E-state index >= 15 is 0 Å². The second-order valence-electron chi connectivity index (χ2n) is 5.90. The first-order valence-electron chi connectivity index (χ1n) is 7.95. The van der Waals surface area contributed by atoms with Gasteiger partial charge in [-0.05, 0) is 43.3 Å². The van der Waals surface area contributed by atoms with Gasteiger partial charge < -0.3 is 4.74 Å². The minimum absolute atomic E-state index is 0.0437. The van der Waals surface area contributed by atoms with Crippen molar-refractivity contribution in [2.24, 2.45) is 0 Å². The summed E-state index contributed by atoms with van der Waals surface area (Å²) < 4.78 is 5.23. The Balaban J connectivity index is 2.10. The molecule has 0 unspecified atom stereocenters. The maximum absolute atomic E-state index is 12.2. The lowest BCUT2D eigenvalue weighted by molar-refractivity contribution is -0.113. The monoisotopic (exact) mass is 333 g/mol. The van der Waals surface area contributed by atoms with Gasteiger partial charge in [0.25, 0.3) is 0 Å². The number of benzene rings is 2. The fraction of sp³-hybridized carbons (Fsp3) is 0.200. The second kappa shape index (κ2) is 6.80. The Hall–Kier alpha value is -3.10. The lowest BCUT2D eigenvalue weighted by atomic mass is 10.0. The maximum Gasteiger partial charge on any atom is 0.159 e. The summed E-state index contributed by atoms with van der Waals surface area (Å²) in [5.41, 5.74) is 4.05. The number of carbonyl (C=O) groups excluding carboxylic acids is 1. The fourth-order valence-electron chi connectivity index (χ4n) is 3.00. The third kappa shape index (κ3) is 3.12. The van der Waals surface area contributed by atoms with E-state index in [0.717, 1.165) is 28.3 Å². The molecule has 5 heteroatoms. The molecule has 126 valence electrons. The molecule has 1 aliphatic heterocycles. The van der Waals surface area contributed by atoms with Crippen molar-refractivity contribution in [3.63, 3.8) is 0 Å². The zero-order valence-electron chi connectivity index (χ0n) is 14.5. The number of hydrazine groups is 1. The summed E-state index contributed by atoms with van der Waals surface area (Å²) in [5.74, 6) is 0.823. The van der Waals surface area contributed by atoms with Gasteiger partial charge in [0.05, 0.1) is 30.1 Å². The first-order chi connectivity index (χ1) is 12.0. The highest BCUT2D eigenvalue weighted by atomic mass is 16.5. The normalized spacial score (nSPS) is 14.6. The van der Waals surface area contributed by atoms with E-state index in [2.05, 4.69) is 6.07 Å².